The SMILES string of the molecule is O=S(=O)(Cl)CC1Cc2ccccc2C1. The van der Waals surface area contributed by atoms with Gasteiger partial charge < -0.3 is 0 Å². The van der Waals surface area contributed by atoms with E-state index in [1.807, 2.05) is 12.1 Å². The van der Waals surface area contributed by atoms with E-state index >= 15 is 0 Å². The predicted octanol–water partition coefficient (Wildman–Crippen LogP) is 1.97. The molecule has 1 aromatic carbocycles. The predicted molar refractivity (Wildman–Crippen MR) is 57.0 cm³/mol. The minimum absolute atomic E-state index is 0.0865. The molecule has 0 bridgehead atoms. The van der Waals surface area contributed by atoms with E-state index in [0.29, 0.717) is 0 Å². The van der Waals surface area contributed by atoms with Crippen LogP contribution in [0.1, 0.15) is 11.1 Å². The molecule has 1 aliphatic rings. The Balaban J connectivity index is 2.13. The molecule has 0 aromatic heterocycles. The van der Waals surface area contributed by atoms with Crippen molar-refractivity contribution in [1.82, 2.24) is 0 Å². The molecule has 0 spiro atoms. The maximum Gasteiger partial charge on any atom is 0.232 e. The van der Waals surface area contributed by atoms with Crippen LogP contribution >= 0.6 is 10.7 Å². The monoisotopic (exact) mass is 230 g/mol. The van der Waals surface area contributed by atoms with Crippen LogP contribution in [0.15, 0.2) is 24.3 Å². The second-order valence-electron chi connectivity index (χ2n) is 3.75. The molecule has 1 aromatic rings. The van der Waals surface area contributed by atoms with Gasteiger partial charge in [0.25, 0.3) is 0 Å². The summed E-state index contributed by atoms with van der Waals surface area (Å²) in [5, 5.41) is 0. The van der Waals surface area contributed by atoms with Crippen molar-refractivity contribution in [2.24, 2.45) is 5.92 Å². The molecular weight excluding hydrogens is 220 g/mol. The third-order valence-corrected chi connectivity index (χ3v) is 3.82. The number of benzene rings is 1. The Bertz CT molecular complexity index is 414. The lowest BCUT2D eigenvalue weighted by atomic mass is 10.1. The highest BCUT2D eigenvalue weighted by molar-refractivity contribution is 8.13. The molecule has 0 N–H and O–H groups in total. The van der Waals surface area contributed by atoms with E-state index in [-0.39, 0.29) is 11.7 Å². The largest absolute Gasteiger partial charge is 0.232 e. The van der Waals surface area contributed by atoms with Gasteiger partial charge in [0, 0.05) is 10.7 Å². The zero-order valence-corrected chi connectivity index (χ0v) is 9.18. The number of rotatable bonds is 2. The van der Waals surface area contributed by atoms with Crippen molar-refractivity contribution in [3.63, 3.8) is 0 Å². The van der Waals surface area contributed by atoms with Gasteiger partial charge in [-0.1, -0.05) is 24.3 Å². The van der Waals surface area contributed by atoms with Crippen molar-refractivity contribution >= 4 is 19.7 Å². The van der Waals surface area contributed by atoms with Crippen molar-refractivity contribution in [3.05, 3.63) is 35.4 Å². The van der Waals surface area contributed by atoms with Gasteiger partial charge in [-0.15, -0.1) is 0 Å². The van der Waals surface area contributed by atoms with Gasteiger partial charge >= 0.3 is 0 Å². The molecule has 0 aliphatic heterocycles. The Morgan fingerprint density at radius 3 is 2.14 bits per heavy atom. The minimum atomic E-state index is -3.35. The van der Waals surface area contributed by atoms with Crippen LogP contribution in [-0.2, 0) is 21.9 Å². The lowest BCUT2D eigenvalue weighted by molar-refractivity contribution is 0.576. The van der Waals surface area contributed by atoms with Crippen LogP contribution in [0.3, 0.4) is 0 Å². The number of fused-ring (bicyclic) bond motifs is 1. The summed E-state index contributed by atoms with van der Waals surface area (Å²) in [7, 11) is 1.88. The summed E-state index contributed by atoms with van der Waals surface area (Å²) < 4.78 is 21.8. The van der Waals surface area contributed by atoms with E-state index in [2.05, 4.69) is 12.1 Å². The van der Waals surface area contributed by atoms with Crippen molar-refractivity contribution < 1.29 is 8.42 Å². The molecule has 14 heavy (non-hydrogen) atoms. The molecule has 0 unspecified atom stereocenters. The fourth-order valence-electron chi connectivity index (χ4n) is 2.05. The van der Waals surface area contributed by atoms with Crippen LogP contribution in [0.5, 0.6) is 0 Å². The number of hydrogen-bond donors (Lipinski definition) is 0. The summed E-state index contributed by atoms with van der Waals surface area (Å²) >= 11 is 0. The highest BCUT2D eigenvalue weighted by Gasteiger charge is 2.24. The standard InChI is InChI=1S/C10H11ClO2S/c11-14(12,13)7-8-5-9-3-1-2-4-10(9)6-8/h1-4,8H,5-7H2. The molecule has 0 fully saturated rings. The summed E-state index contributed by atoms with van der Waals surface area (Å²) in [5.41, 5.74) is 2.52. The van der Waals surface area contributed by atoms with Crippen LogP contribution in [0.4, 0.5) is 0 Å². The molecule has 2 nitrogen and oxygen atoms in total. The molecule has 0 heterocycles. The first kappa shape index (κ1) is 9.99. The average molecular weight is 231 g/mol. The van der Waals surface area contributed by atoms with E-state index in [1.165, 1.54) is 11.1 Å². The third-order valence-electron chi connectivity index (χ3n) is 2.57. The normalized spacial score (nSPS) is 16.9. The number of halogens is 1. The molecule has 1 aliphatic carbocycles. The average Bonchev–Trinajstić information content (AvgIpc) is 2.42. The van der Waals surface area contributed by atoms with Gasteiger partial charge in [-0.25, -0.2) is 8.42 Å². The second-order valence-corrected chi connectivity index (χ2v) is 6.57. The van der Waals surface area contributed by atoms with E-state index in [9.17, 15) is 8.42 Å². The van der Waals surface area contributed by atoms with Crippen molar-refractivity contribution in [2.45, 2.75) is 12.8 Å². The molecule has 2 rings (SSSR count). The first-order valence-corrected chi connectivity index (χ1v) is 7.01. The Morgan fingerprint density at radius 1 is 1.21 bits per heavy atom. The van der Waals surface area contributed by atoms with Gasteiger partial charge in [-0.05, 0) is 29.9 Å². The lowest BCUT2D eigenvalue weighted by Gasteiger charge is -2.04. The van der Waals surface area contributed by atoms with Crippen LogP contribution in [-0.4, -0.2) is 14.2 Å². The highest BCUT2D eigenvalue weighted by Crippen LogP contribution is 2.27. The van der Waals surface area contributed by atoms with E-state index < -0.39 is 9.05 Å². The third kappa shape index (κ3) is 2.28. The molecule has 76 valence electrons. The first-order chi connectivity index (χ1) is 6.54. The Labute approximate surface area is 88.3 Å². The quantitative estimate of drug-likeness (QED) is 0.728. The van der Waals surface area contributed by atoms with Crippen LogP contribution in [0, 0.1) is 5.92 Å². The summed E-state index contributed by atoms with van der Waals surface area (Å²) in [6.45, 7) is 0. The van der Waals surface area contributed by atoms with Gasteiger partial charge in [-0.3, -0.25) is 0 Å². The van der Waals surface area contributed by atoms with Gasteiger partial charge in [0.15, 0.2) is 0 Å². The summed E-state index contributed by atoms with van der Waals surface area (Å²) in [6.07, 6.45) is 1.67. The van der Waals surface area contributed by atoms with E-state index in [1.54, 1.807) is 0 Å². The summed E-state index contributed by atoms with van der Waals surface area (Å²) in [4.78, 5) is 0. The van der Waals surface area contributed by atoms with Crippen molar-refractivity contribution in [2.75, 3.05) is 5.75 Å². The van der Waals surface area contributed by atoms with Gasteiger partial charge in [0.2, 0.25) is 9.05 Å². The fourth-order valence-corrected chi connectivity index (χ4v) is 3.38. The molecule has 0 saturated carbocycles. The van der Waals surface area contributed by atoms with E-state index in [0.717, 1.165) is 12.8 Å². The molecular formula is C10H11ClO2S. The second kappa shape index (κ2) is 3.55. The zero-order chi connectivity index (χ0) is 10.2. The van der Waals surface area contributed by atoms with Crippen LogP contribution in [0.25, 0.3) is 0 Å². The van der Waals surface area contributed by atoms with Gasteiger partial charge in [-0.2, -0.15) is 0 Å². The van der Waals surface area contributed by atoms with Gasteiger partial charge in [0.05, 0.1) is 5.75 Å². The first-order valence-electron chi connectivity index (χ1n) is 4.54. The molecule has 0 radical (unpaired) electrons. The summed E-state index contributed by atoms with van der Waals surface area (Å²) in [5.74, 6) is 0.248. The minimum Gasteiger partial charge on any atom is -0.212 e. The zero-order valence-electron chi connectivity index (χ0n) is 7.61. The Hall–Kier alpha value is -0.540. The lowest BCUT2D eigenvalue weighted by Crippen LogP contribution is -2.11. The molecule has 4 heteroatoms. The van der Waals surface area contributed by atoms with Crippen molar-refractivity contribution in [3.8, 4) is 0 Å². The van der Waals surface area contributed by atoms with Gasteiger partial charge in [0.1, 0.15) is 0 Å². The number of hydrogen-bond acceptors (Lipinski definition) is 2. The Morgan fingerprint density at radius 2 is 1.71 bits per heavy atom. The van der Waals surface area contributed by atoms with Crippen LogP contribution < -0.4 is 0 Å². The van der Waals surface area contributed by atoms with E-state index in [4.69, 9.17) is 10.7 Å². The maximum absolute atomic E-state index is 10.9. The molecule has 0 atom stereocenters. The maximum atomic E-state index is 10.9. The Kier molecular flexibility index (Phi) is 2.54. The van der Waals surface area contributed by atoms with Crippen molar-refractivity contribution in [1.29, 1.82) is 0 Å². The topological polar surface area (TPSA) is 34.1 Å². The fraction of sp³-hybridized carbons (Fsp3) is 0.400. The molecule has 0 saturated heterocycles. The van der Waals surface area contributed by atoms with Crippen LogP contribution in [0.2, 0.25) is 0 Å². The smallest absolute Gasteiger partial charge is 0.212 e. The molecule has 0 amide bonds. The summed E-state index contributed by atoms with van der Waals surface area (Å²) in [6, 6.07) is 8.07. The highest BCUT2D eigenvalue weighted by atomic mass is 35.7.